The van der Waals surface area contributed by atoms with E-state index in [4.69, 9.17) is 4.74 Å². The van der Waals surface area contributed by atoms with Crippen LogP contribution in [-0.4, -0.2) is 32.1 Å². The molecule has 1 fully saturated rings. The molecule has 1 aliphatic rings. The standard InChI is InChI=1S/C21H22F2N2O4/c1-28-17-9-8-15(12-18(17)29-21(22)23)20(27)24-13-14-5-4-6-16(11-14)25-10-3-2-7-19(25)26/h4-6,8-9,11-12,21H,2-3,7,10,13H2,1H3,(H,24,27). The average Bonchev–Trinajstić information content (AvgIpc) is 2.72. The number of hydrogen-bond acceptors (Lipinski definition) is 4. The fourth-order valence-electron chi connectivity index (χ4n) is 3.20. The molecule has 0 spiro atoms. The van der Waals surface area contributed by atoms with Gasteiger partial charge in [0.1, 0.15) is 0 Å². The number of carbonyl (C=O) groups is 2. The minimum absolute atomic E-state index is 0.0993. The lowest BCUT2D eigenvalue weighted by Crippen LogP contribution is -2.35. The van der Waals surface area contributed by atoms with Gasteiger partial charge in [0.2, 0.25) is 5.91 Å². The molecule has 8 heteroatoms. The van der Waals surface area contributed by atoms with Crippen LogP contribution in [0.4, 0.5) is 14.5 Å². The van der Waals surface area contributed by atoms with Crippen LogP contribution in [0.1, 0.15) is 35.2 Å². The van der Waals surface area contributed by atoms with Gasteiger partial charge in [0, 0.05) is 30.8 Å². The summed E-state index contributed by atoms with van der Waals surface area (Å²) < 4.78 is 34.5. The zero-order valence-corrected chi connectivity index (χ0v) is 16.0. The number of alkyl halides is 2. The smallest absolute Gasteiger partial charge is 0.387 e. The molecule has 2 aromatic carbocycles. The molecule has 6 nitrogen and oxygen atoms in total. The third-order valence-corrected chi connectivity index (χ3v) is 4.64. The molecule has 1 saturated heterocycles. The lowest BCUT2D eigenvalue weighted by atomic mass is 10.1. The van der Waals surface area contributed by atoms with Crippen molar-refractivity contribution < 1.29 is 27.8 Å². The summed E-state index contributed by atoms with van der Waals surface area (Å²) in [4.78, 5) is 26.3. The molecule has 1 aliphatic heterocycles. The van der Waals surface area contributed by atoms with Crippen LogP contribution in [0.3, 0.4) is 0 Å². The number of hydrogen-bond donors (Lipinski definition) is 1. The highest BCUT2D eigenvalue weighted by Gasteiger charge is 2.20. The molecule has 0 radical (unpaired) electrons. The number of carbonyl (C=O) groups excluding carboxylic acids is 2. The summed E-state index contributed by atoms with van der Waals surface area (Å²) in [5, 5.41) is 2.75. The second-order valence-corrected chi connectivity index (χ2v) is 6.60. The van der Waals surface area contributed by atoms with Crippen molar-refractivity contribution >= 4 is 17.5 Å². The number of halogens is 2. The van der Waals surface area contributed by atoms with Gasteiger partial charge in [0.25, 0.3) is 5.91 Å². The Bertz CT molecular complexity index is 889. The number of anilines is 1. The third kappa shape index (κ3) is 5.22. The number of rotatable bonds is 7. The predicted octanol–water partition coefficient (Wildman–Crippen LogP) is 3.74. The van der Waals surface area contributed by atoms with Crippen molar-refractivity contribution in [3.8, 4) is 11.5 Å². The van der Waals surface area contributed by atoms with Gasteiger partial charge in [-0.15, -0.1) is 0 Å². The summed E-state index contributed by atoms with van der Waals surface area (Å²) in [5.41, 5.74) is 1.80. The molecule has 0 aromatic heterocycles. The molecule has 154 valence electrons. The van der Waals surface area contributed by atoms with Gasteiger partial charge < -0.3 is 19.7 Å². The largest absolute Gasteiger partial charge is 0.493 e. The zero-order chi connectivity index (χ0) is 20.8. The van der Waals surface area contributed by atoms with E-state index in [-0.39, 0.29) is 29.5 Å². The molecular formula is C21H22F2N2O4. The van der Waals surface area contributed by atoms with Crippen molar-refractivity contribution in [2.24, 2.45) is 0 Å². The Kier molecular flexibility index (Phi) is 6.64. The van der Waals surface area contributed by atoms with Crippen LogP contribution in [0.2, 0.25) is 0 Å². The Balaban J connectivity index is 1.68. The topological polar surface area (TPSA) is 67.9 Å². The fraction of sp³-hybridized carbons (Fsp3) is 0.333. The molecular weight excluding hydrogens is 382 g/mol. The normalized spacial score (nSPS) is 14.1. The molecule has 1 N–H and O–H groups in total. The molecule has 2 aromatic rings. The third-order valence-electron chi connectivity index (χ3n) is 4.64. The average molecular weight is 404 g/mol. The molecule has 0 unspecified atom stereocenters. The number of ether oxygens (including phenoxy) is 2. The van der Waals surface area contributed by atoms with E-state index in [2.05, 4.69) is 10.1 Å². The molecule has 0 aliphatic carbocycles. The lowest BCUT2D eigenvalue weighted by molar-refractivity contribution is -0.119. The van der Waals surface area contributed by atoms with E-state index >= 15 is 0 Å². The summed E-state index contributed by atoms with van der Waals surface area (Å²) in [6.07, 6.45) is 2.42. The van der Waals surface area contributed by atoms with Crippen LogP contribution in [0.15, 0.2) is 42.5 Å². The van der Waals surface area contributed by atoms with Crippen molar-refractivity contribution in [1.82, 2.24) is 5.32 Å². The number of methoxy groups -OCH3 is 1. The number of amides is 2. The molecule has 0 saturated carbocycles. The van der Waals surface area contributed by atoms with Gasteiger partial charge in [-0.2, -0.15) is 8.78 Å². The first-order chi connectivity index (χ1) is 14.0. The van der Waals surface area contributed by atoms with Gasteiger partial charge in [-0.3, -0.25) is 9.59 Å². The molecule has 0 atom stereocenters. The number of piperidine rings is 1. The van der Waals surface area contributed by atoms with Crippen molar-refractivity contribution in [1.29, 1.82) is 0 Å². The first-order valence-electron chi connectivity index (χ1n) is 9.28. The van der Waals surface area contributed by atoms with Gasteiger partial charge in [0.05, 0.1) is 7.11 Å². The van der Waals surface area contributed by atoms with Crippen LogP contribution >= 0.6 is 0 Å². The van der Waals surface area contributed by atoms with Crippen LogP contribution in [0.25, 0.3) is 0 Å². The SMILES string of the molecule is COc1ccc(C(=O)NCc2cccc(N3CCCCC3=O)c2)cc1OC(F)F. The number of benzene rings is 2. The zero-order valence-electron chi connectivity index (χ0n) is 16.0. The van der Waals surface area contributed by atoms with Gasteiger partial charge in [-0.25, -0.2) is 0 Å². The van der Waals surface area contributed by atoms with Crippen molar-refractivity contribution in [2.75, 3.05) is 18.6 Å². The molecule has 0 bridgehead atoms. The van der Waals surface area contributed by atoms with Gasteiger partial charge in [-0.1, -0.05) is 12.1 Å². The Morgan fingerprint density at radius 3 is 2.72 bits per heavy atom. The Hall–Kier alpha value is -3.16. The van der Waals surface area contributed by atoms with E-state index in [1.807, 2.05) is 24.3 Å². The van der Waals surface area contributed by atoms with E-state index in [0.717, 1.165) is 24.1 Å². The number of nitrogens with one attached hydrogen (secondary N) is 1. The van der Waals surface area contributed by atoms with E-state index in [9.17, 15) is 18.4 Å². The van der Waals surface area contributed by atoms with E-state index < -0.39 is 12.5 Å². The first-order valence-corrected chi connectivity index (χ1v) is 9.28. The maximum absolute atomic E-state index is 12.6. The van der Waals surface area contributed by atoms with Crippen molar-refractivity contribution in [2.45, 2.75) is 32.4 Å². The van der Waals surface area contributed by atoms with E-state index in [1.165, 1.54) is 25.3 Å². The van der Waals surface area contributed by atoms with E-state index in [0.29, 0.717) is 13.0 Å². The van der Waals surface area contributed by atoms with Gasteiger partial charge in [-0.05, 0) is 48.7 Å². The Labute approximate surface area is 167 Å². The Morgan fingerprint density at radius 2 is 2.00 bits per heavy atom. The van der Waals surface area contributed by atoms with Crippen LogP contribution < -0.4 is 19.7 Å². The minimum Gasteiger partial charge on any atom is -0.493 e. The first kappa shape index (κ1) is 20.6. The molecule has 3 rings (SSSR count). The van der Waals surface area contributed by atoms with Crippen LogP contribution in [0, 0.1) is 0 Å². The van der Waals surface area contributed by atoms with Crippen LogP contribution in [-0.2, 0) is 11.3 Å². The van der Waals surface area contributed by atoms with Crippen molar-refractivity contribution in [3.05, 3.63) is 53.6 Å². The van der Waals surface area contributed by atoms with Gasteiger partial charge >= 0.3 is 6.61 Å². The van der Waals surface area contributed by atoms with Gasteiger partial charge in [0.15, 0.2) is 11.5 Å². The quantitative estimate of drug-likeness (QED) is 0.763. The summed E-state index contributed by atoms with van der Waals surface area (Å²) in [6.45, 7) is -2.11. The lowest BCUT2D eigenvalue weighted by Gasteiger charge is -2.27. The number of nitrogens with zero attached hydrogens (tertiary/aromatic N) is 1. The summed E-state index contributed by atoms with van der Waals surface area (Å²) in [7, 11) is 1.33. The van der Waals surface area contributed by atoms with E-state index in [1.54, 1.807) is 4.90 Å². The maximum atomic E-state index is 12.6. The minimum atomic E-state index is -3.03. The van der Waals surface area contributed by atoms with Crippen molar-refractivity contribution in [3.63, 3.8) is 0 Å². The monoisotopic (exact) mass is 404 g/mol. The second kappa shape index (κ2) is 9.36. The second-order valence-electron chi connectivity index (χ2n) is 6.60. The summed E-state index contributed by atoms with van der Waals surface area (Å²) in [6, 6.07) is 11.5. The predicted molar refractivity (Wildman–Crippen MR) is 103 cm³/mol. The fourth-order valence-corrected chi connectivity index (χ4v) is 3.20. The highest BCUT2D eigenvalue weighted by atomic mass is 19.3. The summed E-state index contributed by atoms with van der Waals surface area (Å²) in [5.74, 6) is -0.435. The van der Waals surface area contributed by atoms with Crippen LogP contribution in [0.5, 0.6) is 11.5 Å². The molecule has 1 heterocycles. The molecule has 2 amide bonds. The highest BCUT2D eigenvalue weighted by Crippen LogP contribution is 2.29. The molecule has 29 heavy (non-hydrogen) atoms. The Morgan fingerprint density at radius 1 is 1.17 bits per heavy atom. The summed E-state index contributed by atoms with van der Waals surface area (Å²) >= 11 is 0. The maximum Gasteiger partial charge on any atom is 0.387 e. The highest BCUT2D eigenvalue weighted by molar-refractivity contribution is 5.95.